The molecular formula is C27H26O4. The zero-order chi connectivity index (χ0) is 21.8. The van der Waals surface area contributed by atoms with Crippen molar-refractivity contribution in [3.05, 3.63) is 83.9 Å². The molecule has 0 aromatic heterocycles. The summed E-state index contributed by atoms with van der Waals surface area (Å²) in [7, 11) is 6.72. The van der Waals surface area contributed by atoms with Gasteiger partial charge >= 0.3 is 0 Å². The van der Waals surface area contributed by atoms with E-state index < -0.39 is 0 Å². The maximum atomic E-state index is 5.71. The average Bonchev–Trinajstić information content (AvgIpc) is 2.84. The fourth-order valence-corrected chi connectivity index (χ4v) is 3.91. The van der Waals surface area contributed by atoms with Gasteiger partial charge in [0.15, 0.2) is 0 Å². The van der Waals surface area contributed by atoms with Gasteiger partial charge in [0.2, 0.25) is 0 Å². The lowest BCUT2D eigenvalue weighted by molar-refractivity contribution is 0.395. The Balaban J connectivity index is 1.91. The van der Waals surface area contributed by atoms with Crippen LogP contribution in [0, 0.1) is 0 Å². The average molecular weight is 415 g/mol. The molecule has 4 rings (SSSR count). The van der Waals surface area contributed by atoms with Gasteiger partial charge in [-0.2, -0.15) is 0 Å². The van der Waals surface area contributed by atoms with Crippen molar-refractivity contribution in [2.45, 2.75) is 6.42 Å². The van der Waals surface area contributed by atoms with E-state index in [1.807, 2.05) is 30.3 Å². The number of methoxy groups -OCH3 is 4. The van der Waals surface area contributed by atoms with Crippen molar-refractivity contribution in [3.8, 4) is 34.1 Å². The van der Waals surface area contributed by atoms with Gasteiger partial charge in [0.05, 0.1) is 28.4 Å². The highest BCUT2D eigenvalue weighted by Gasteiger charge is 2.15. The SMILES string of the molecule is COc1ccc(Cc2c(-c3ccc(OC)cc3OC)ccc3cc(OC)ccc23)cc1. The van der Waals surface area contributed by atoms with Crippen molar-refractivity contribution in [1.82, 2.24) is 0 Å². The Bertz CT molecular complexity index is 1200. The van der Waals surface area contributed by atoms with Gasteiger partial charge in [-0.15, -0.1) is 0 Å². The maximum absolute atomic E-state index is 5.71. The van der Waals surface area contributed by atoms with E-state index in [1.165, 1.54) is 16.5 Å². The van der Waals surface area contributed by atoms with Crippen LogP contribution in [-0.2, 0) is 6.42 Å². The summed E-state index contributed by atoms with van der Waals surface area (Å²) >= 11 is 0. The van der Waals surface area contributed by atoms with Crippen molar-refractivity contribution in [3.63, 3.8) is 0 Å². The van der Waals surface area contributed by atoms with Gasteiger partial charge in [-0.3, -0.25) is 0 Å². The summed E-state index contributed by atoms with van der Waals surface area (Å²) in [5.74, 6) is 3.24. The summed E-state index contributed by atoms with van der Waals surface area (Å²) in [6.07, 6.45) is 0.776. The number of hydrogen-bond donors (Lipinski definition) is 0. The highest BCUT2D eigenvalue weighted by atomic mass is 16.5. The summed E-state index contributed by atoms with van der Waals surface area (Å²) in [4.78, 5) is 0. The van der Waals surface area contributed by atoms with Crippen molar-refractivity contribution in [1.29, 1.82) is 0 Å². The quantitative estimate of drug-likeness (QED) is 0.364. The number of ether oxygens (including phenoxy) is 4. The molecule has 0 N–H and O–H groups in total. The lowest BCUT2D eigenvalue weighted by Crippen LogP contribution is -1.97. The summed E-state index contributed by atoms with van der Waals surface area (Å²) in [5.41, 5.74) is 4.60. The lowest BCUT2D eigenvalue weighted by atomic mass is 9.89. The van der Waals surface area contributed by atoms with Crippen LogP contribution in [0.25, 0.3) is 21.9 Å². The molecule has 4 aromatic carbocycles. The molecule has 31 heavy (non-hydrogen) atoms. The Morgan fingerprint density at radius 1 is 0.548 bits per heavy atom. The van der Waals surface area contributed by atoms with Crippen molar-refractivity contribution >= 4 is 10.8 Å². The van der Waals surface area contributed by atoms with E-state index in [0.29, 0.717) is 0 Å². The Hall–Kier alpha value is -3.66. The highest BCUT2D eigenvalue weighted by molar-refractivity contribution is 5.94. The third-order valence-electron chi connectivity index (χ3n) is 5.58. The molecule has 0 aliphatic rings. The molecule has 0 saturated carbocycles. The Kier molecular flexibility index (Phi) is 5.99. The maximum Gasteiger partial charge on any atom is 0.130 e. The molecule has 0 radical (unpaired) electrons. The molecule has 0 unspecified atom stereocenters. The summed E-state index contributed by atoms with van der Waals surface area (Å²) < 4.78 is 21.8. The van der Waals surface area contributed by atoms with E-state index in [4.69, 9.17) is 18.9 Å². The van der Waals surface area contributed by atoms with Gasteiger partial charge in [-0.1, -0.05) is 30.3 Å². The molecule has 0 saturated heterocycles. The van der Waals surface area contributed by atoms with E-state index in [-0.39, 0.29) is 0 Å². The molecule has 0 aliphatic heterocycles. The van der Waals surface area contributed by atoms with Gasteiger partial charge in [0, 0.05) is 11.6 Å². The second kappa shape index (κ2) is 9.00. The predicted molar refractivity (Wildman–Crippen MR) is 125 cm³/mol. The Morgan fingerprint density at radius 3 is 1.84 bits per heavy atom. The van der Waals surface area contributed by atoms with Gasteiger partial charge in [-0.25, -0.2) is 0 Å². The predicted octanol–water partition coefficient (Wildman–Crippen LogP) is 6.13. The molecule has 0 amide bonds. The summed E-state index contributed by atoms with van der Waals surface area (Å²) in [6.45, 7) is 0. The van der Waals surface area contributed by atoms with Crippen molar-refractivity contribution in [2.75, 3.05) is 28.4 Å². The van der Waals surface area contributed by atoms with E-state index in [1.54, 1.807) is 28.4 Å². The van der Waals surface area contributed by atoms with E-state index in [9.17, 15) is 0 Å². The van der Waals surface area contributed by atoms with Crippen LogP contribution in [0.5, 0.6) is 23.0 Å². The monoisotopic (exact) mass is 414 g/mol. The molecule has 0 heterocycles. The van der Waals surface area contributed by atoms with Crippen LogP contribution >= 0.6 is 0 Å². The number of rotatable bonds is 7. The third kappa shape index (κ3) is 4.15. The van der Waals surface area contributed by atoms with Crippen LogP contribution in [0.2, 0.25) is 0 Å². The largest absolute Gasteiger partial charge is 0.497 e. The van der Waals surface area contributed by atoms with Crippen LogP contribution in [0.4, 0.5) is 0 Å². The number of benzene rings is 4. The second-order valence-electron chi connectivity index (χ2n) is 7.27. The first kappa shape index (κ1) is 20.6. The van der Waals surface area contributed by atoms with Crippen LogP contribution in [0.1, 0.15) is 11.1 Å². The van der Waals surface area contributed by atoms with E-state index in [2.05, 4.69) is 42.5 Å². The first-order valence-corrected chi connectivity index (χ1v) is 10.1. The zero-order valence-corrected chi connectivity index (χ0v) is 18.3. The van der Waals surface area contributed by atoms with Crippen molar-refractivity contribution in [2.24, 2.45) is 0 Å². The first-order valence-electron chi connectivity index (χ1n) is 10.1. The molecule has 0 fully saturated rings. The topological polar surface area (TPSA) is 36.9 Å². The van der Waals surface area contributed by atoms with Gasteiger partial charge in [0.1, 0.15) is 23.0 Å². The molecular weight excluding hydrogens is 388 g/mol. The zero-order valence-electron chi connectivity index (χ0n) is 18.3. The summed E-state index contributed by atoms with van der Waals surface area (Å²) in [5, 5.41) is 2.33. The minimum atomic E-state index is 0.767. The fourth-order valence-electron chi connectivity index (χ4n) is 3.91. The molecule has 0 atom stereocenters. The van der Waals surface area contributed by atoms with Crippen LogP contribution in [-0.4, -0.2) is 28.4 Å². The minimum Gasteiger partial charge on any atom is -0.497 e. The van der Waals surface area contributed by atoms with Crippen LogP contribution in [0.3, 0.4) is 0 Å². The Morgan fingerprint density at radius 2 is 1.16 bits per heavy atom. The normalized spacial score (nSPS) is 10.7. The van der Waals surface area contributed by atoms with Gasteiger partial charge in [0.25, 0.3) is 0 Å². The molecule has 4 heteroatoms. The smallest absolute Gasteiger partial charge is 0.130 e. The Labute approximate surface area is 183 Å². The number of hydrogen-bond acceptors (Lipinski definition) is 4. The molecule has 158 valence electrons. The number of fused-ring (bicyclic) bond motifs is 1. The van der Waals surface area contributed by atoms with Crippen LogP contribution in [0.15, 0.2) is 72.8 Å². The standard InChI is InChI=1S/C27H26O4/c1-28-20-8-5-18(6-9-20)15-26-23-13-10-21(29-2)16-19(23)7-12-24(26)25-14-11-22(30-3)17-27(25)31-4/h5-14,16-17H,15H2,1-4H3. The van der Waals surface area contributed by atoms with Crippen LogP contribution < -0.4 is 18.9 Å². The van der Waals surface area contributed by atoms with Gasteiger partial charge < -0.3 is 18.9 Å². The molecule has 0 spiro atoms. The van der Waals surface area contributed by atoms with E-state index >= 15 is 0 Å². The fraction of sp³-hybridized carbons (Fsp3) is 0.185. The third-order valence-corrected chi connectivity index (χ3v) is 5.58. The highest BCUT2D eigenvalue weighted by Crippen LogP contribution is 2.39. The first-order chi connectivity index (χ1) is 15.2. The van der Waals surface area contributed by atoms with E-state index in [0.717, 1.165) is 45.9 Å². The molecule has 4 nitrogen and oxygen atoms in total. The minimum absolute atomic E-state index is 0.767. The molecule has 0 aliphatic carbocycles. The second-order valence-corrected chi connectivity index (χ2v) is 7.27. The summed E-state index contributed by atoms with van der Waals surface area (Å²) in [6, 6.07) is 24.7. The van der Waals surface area contributed by atoms with Crippen molar-refractivity contribution < 1.29 is 18.9 Å². The molecule has 4 aromatic rings. The lowest BCUT2D eigenvalue weighted by Gasteiger charge is -2.17. The van der Waals surface area contributed by atoms with Gasteiger partial charge in [-0.05, 0) is 70.3 Å². The molecule has 0 bridgehead atoms.